The van der Waals surface area contributed by atoms with Gasteiger partial charge in [0.1, 0.15) is 5.60 Å². The molecule has 1 saturated heterocycles. The van der Waals surface area contributed by atoms with Crippen molar-refractivity contribution in [1.82, 2.24) is 14.9 Å². The molecule has 0 unspecified atom stereocenters. The fraction of sp³-hybridized carbons (Fsp3) is 0.857. The third-order valence-electron chi connectivity index (χ3n) is 3.50. The van der Waals surface area contributed by atoms with E-state index in [4.69, 9.17) is 4.74 Å². The number of hydrogen-bond donors (Lipinski definition) is 2. The van der Waals surface area contributed by atoms with Crippen LogP contribution < -0.4 is 10.0 Å². The number of ether oxygens (including phenoxy) is 1. The van der Waals surface area contributed by atoms with E-state index in [2.05, 4.69) is 10.0 Å². The molecule has 0 spiro atoms. The van der Waals surface area contributed by atoms with Gasteiger partial charge in [0.05, 0.1) is 5.75 Å². The van der Waals surface area contributed by atoms with Crippen LogP contribution in [-0.2, 0) is 19.6 Å². The van der Waals surface area contributed by atoms with E-state index < -0.39 is 15.6 Å². The molecular weight excluding hydrogens is 322 g/mol. The summed E-state index contributed by atoms with van der Waals surface area (Å²) in [5.74, 6) is -0.516. The fourth-order valence-electron chi connectivity index (χ4n) is 2.21. The van der Waals surface area contributed by atoms with E-state index in [0.717, 1.165) is 0 Å². The van der Waals surface area contributed by atoms with Gasteiger partial charge in [0.15, 0.2) is 0 Å². The van der Waals surface area contributed by atoms with Crippen molar-refractivity contribution >= 4 is 22.0 Å². The van der Waals surface area contributed by atoms with Crippen LogP contribution >= 0.6 is 0 Å². The molecule has 0 aliphatic carbocycles. The van der Waals surface area contributed by atoms with Crippen molar-refractivity contribution < 1.29 is 22.7 Å². The first-order valence-electron chi connectivity index (χ1n) is 7.71. The van der Waals surface area contributed by atoms with Gasteiger partial charge in [-0.15, -0.1) is 0 Å². The zero-order valence-corrected chi connectivity index (χ0v) is 15.0. The summed E-state index contributed by atoms with van der Waals surface area (Å²) in [7, 11) is -1.98. The molecule has 0 radical (unpaired) electrons. The molecule has 0 atom stereocenters. The van der Waals surface area contributed by atoms with Crippen molar-refractivity contribution in [3.63, 3.8) is 0 Å². The Bertz CT molecular complexity index is 519. The number of piperidine rings is 1. The molecule has 2 amide bonds. The molecular formula is C14H27N3O5S. The van der Waals surface area contributed by atoms with E-state index in [-0.39, 0.29) is 30.2 Å². The highest BCUT2D eigenvalue weighted by Gasteiger charge is 2.29. The third-order valence-corrected chi connectivity index (χ3v) is 4.86. The number of amides is 2. The Morgan fingerprint density at radius 3 is 2.26 bits per heavy atom. The van der Waals surface area contributed by atoms with E-state index in [1.54, 1.807) is 4.90 Å². The van der Waals surface area contributed by atoms with E-state index >= 15 is 0 Å². The largest absolute Gasteiger partial charge is 0.444 e. The zero-order chi connectivity index (χ0) is 17.7. The molecule has 0 aromatic heterocycles. The van der Waals surface area contributed by atoms with Gasteiger partial charge in [0.2, 0.25) is 15.9 Å². The summed E-state index contributed by atoms with van der Waals surface area (Å²) in [6.07, 6.45) is 0.727. The summed E-state index contributed by atoms with van der Waals surface area (Å²) in [5, 5.41) is 2.63. The minimum atomic E-state index is -3.32. The number of nitrogens with one attached hydrogen (secondary N) is 2. The standard InChI is InChI=1S/C14H27N3O5S/c1-14(2,3)22-13(19)17-8-5-11(6-9-17)12(18)16-7-10-23(20,21)15-4/h11,15H,5-10H2,1-4H3,(H,16,18). The predicted octanol–water partition coefficient (Wildman–Crippen LogP) is 0.299. The molecule has 0 saturated carbocycles. The van der Waals surface area contributed by atoms with Gasteiger partial charge in [0, 0.05) is 25.6 Å². The van der Waals surface area contributed by atoms with Crippen molar-refractivity contribution in [1.29, 1.82) is 0 Å². The maximum absolute atomic E-state index is 12.0. The molecule has 1 aliphatic heterocycles. The monoisotopic (exact) mass is 349 g/mol. The molecule has 0 aromatic rings. The average molecular weight is 349 g/mol. The van der Waals surface area contributed by atoms with Gasteiger partial charge in [-0.2, -0.15) is 0 Å². The Morgan fingerprint density at radius 2 is 1.78 bits per heavy atom. The number of carbonyl (C=O) groups is 2. The molecule has 1 rings (SSSR count). The molecule has 0 aromatic carbocycles. The first-order chi connectivity index (χ1) is 10.5. The quantitative estimate of drug-likeness (QED) is 0.743. The van der Waals surface area contributed by atoms with Crippen LogP contribution in [0.3, 0.4) is 0 Å². The number of likely N-dealkylation sites (tertiary alicyclic amines) is 1. The first-order valence-corrected chi connectivity index (χ1v) is 9.36. The number of sulfonamides is 1. The Balaban J connectivity index is 2.35. The van der Waals surface area contributed by atoms with Crippen LogP contribution in [0.2, 0.25) is 0 Å². The summed E-state index contributed by atoms with van der Waals surface area (Å²) >= 11 is 0. The van der Waals surface area contributed by atoms with Gasteiger partial charge in [-0.25, -0.2) is 17.9 Å². The van der Waals surface area contributed by atoms with Crippen LogP contribution in [0, 0.1) is 5.92 Å². The van der Waals surface area contributed by atoms with Crippen molar-refractivity contribution in [2.45, 2.75) is 39.2 Å². The van der Waals surface area contributed by atoms with Gasteiger partial charge in [-0.1, -0.05) is 0 Å². The average Bonchev–Trinajstić information content (AvgIpc) is 2.45. The second kappa shape index (κ2) is 7.96. The maximum atomic E-state index is 12.0. The minimum absolute atomic E-state index is 0.0777. The molecule has 1 aliphatic rings. The van der Waals surface area contributed by atoms with Gasteiger partial charge in [-0.3, -0.25) is 4.79 Å². The summed E-state index contributed by atoms with van der Waals surface area (Å²) in [6, 6.07) is 0. The fourth-order valence-corrected chi connectivity index (χ4v) is 2.78. The zero-order valence-electron chi connectivity index (χ0n) is 14.2. The smallest absolute Gasteiger partial charge is 0.410 e. The number of rotatable bonds is 5. The van der Waals surface area contributed by atoms with E-state index in [1.165, 1.54) is 7.05 Å². The molecule has 134 valence electrons. The van der Waals surface area contributed by atoms with Crippen LogP contribution in [0.5, 0.6) is 0 Å². The van der Waals surface area contributed by atoms with Gasteiger partial charge in [-0.05, 0) is 40.7 Å². The van der Waals surface area contributed by atoms with Gasteiger partial charge >= 0.3 is 6.09 Å². The molecule has 2 N–H and O–H groups in total. The van der Waals surface area contributed by atoms with E-state index in [9.17, 15) is 18.0 Å². The SMILES string of the molecule is CNS(=O)(=O)CCNC(=O)C1CCN(C(=O)OC(C)(C)C)CC1. The summed E-state index contributed by atoms with van der Waals surface area (Å²) in [6.45, 7) is 6.43. The lowest BCUT2D eigenvalue weighted by Gasteiger charge is -2.32. The third kappa shape index (κ3) is 7.17. The second-order valence-corrected chi connectivity index (χ2v) is 8.60. The highest BCUT2D eigenvalue weighted by Crippen LogP contribution is 2.19. The van der Waals surface area contributed by atoms with Crippen molar-refractivity contribution in [2.24, 2.45) is 5.92 Å². The molecule has 9 heteroatoms. The van der Waals surface area contributed by atoms with E-state index in [1.807, 2.05) is 20.8 Å². The summed E-state index contributed by atoms with van der Waals surface area (Å²) in [5.41, 5.74) is -0.538. The summed E-state index contributed by atoms with van der Waals surface area (Å²) in [4.78, 5) is 25.5. The van der Waals surface area contributed by atoms with Gasteiger partial charge < -0.3 is 15.0 Å². The number of hydrogen-bond acceptors (Lipinski definition) is 5. The lowest BCUT2D eigenvalue weighted by molar-refractivity contribution is -0.126. The highest BCUT2D eigenvalue weighted by atomic mass is 32.2. The Morgan fingerprint density at radius 1 is 1.22 bits per heavy atom. The number of nitrogens with zero attached hydrogens (tertiary/aromatic N) is 1. The Hall–Kier alpha value is -1.35. The normalized spacial score (nSPS) is 17.0. The summed E-state index contributed by atoms with van der Waals surface area (Å²) < 4.78 is 30.0. The Kier molecular flexibility index (Phi) is 6.82. The van der Waals surface area contributed by atoms with Crippen LogP contribution in [0.15, 0.2) is 0 Å². The van der Waals surface area contributed by atoms with Crippen LogP contribution in [-0.4, -0.2) is 63.4 Å². The van der Waals surface area contributed by atoms with Crippen molar-refractivity contribution in [3.8, 4) is 0 Å². The molecule has 1 heterocycles. The van der Waals surface area contributed by atoms with Crippen LogP contribution in [0.25, 0.3) is 0 Å². The predicted molar refractivity (Wildman–Crippen MR) is 86.4 cm³/mol. The second-order valence-electron chi connectivity index (χ2n) is 6.56. The minimum Gasteiger partial charge on any atom is -0.444 e. The van der Waals surface area contributed by atoms with Crippen LogP contribution in [0.4, 0.5) is 4.79 Å². The molecule has 8 nitrogen and oxygen atoms in total. The maximum Gasteiger partial charge on any atom is 0.410 e. The molecule has 23 heavy (non-hydrogen) atoms. The highest BCUT2D eigenvalue weighted by molar-refractivity contribution is 7.89. The topological polar surface area (TPSA) is 105 Å². The van der Waals surface area contributed by atoms with Crippen molar-refractivity contribution in [3.05, 3.63) is 0 Å². The Labute approximate surface area is 138 Å². The van der Waals surface area contributed by atoms with E-state index in [0.29, 0.717) is 25.9 Å². The van der Waals surface area contributed by atoms with Crippen LogP contribution in [0.1, 0.15) is 33.6 Å². The van der Waals surface area contributed by atoms with Crippen molar-refractivity contribution in [2.75, 3.05) is 32.4 Å². The molecule has 0 bridgehead atoms. The van der Waals surface area contributed by atoms with Gasteiger partial charge in [0.25, 0.3) is 0 Å². The lowest BCUT2D eigenvalue weighted by Crippen LogP contribution is -2.45. The lowest BCUT2D eigenvalue weighted by atomic mass is 9.96. The molecule has 1 fully saturated rings. The first kappa shape index (κ1) is 19.7. The number of carbonyl (C=O) groups excluding carboxylic acids is 2.